The highest BCUT2D eigenvalue weighted by molar-refractivity contribution is 5.76. The molecule has 1 aliphatic rings. The molecule has 1 heterocycles. The lowest BCUT2D eigenvalue weighted by atomic mass is 9.96. The summed E-state index contributed by atoms with van der Waals surface area (Å²) in [5.74, 6) is -0.0253. The molecule has 0 bridgehead atoms. The second-order valence-electron chi connectivity index (χ2n) is 4.83. The summed E-state index contributed by atoms with van der Waals surface area (Å²) < 4.78 is 0. The Hall–Kier alpha value is -1.06. The van der Waals surface area contributed by atoms with Crippen LogP contribution >= 0.6 is 0 Å². The van der Waals surface area contributed by atoms with E-state index in [2.05, 4.69) is 6.92 Å². The van der Waals surface area contributed by atoms with E-state index in [0.717, 1.165) is 45.2 Å². The van der Waals surface area contributed by atoms with Crippen LogP contribution in [0.5, 0.6) is 0 Å². The van der Waals surface area contributed by atoms with Crippen molar-refractivity contribution in [1.82, 2.24) is 4.90 Å². The molecular weight excluding hydrogens is 218 g/mol. The molecule has 1 amide bonds. The topological polar surface area (TPSA) is 57.6 Å². The van der Waals surface area contributed by atoms with Gasteiger partial charge in [0.1, 0.15) is 0 Å². The molecule has 1 saturated heterocycles. The van der Waals surface area contributed by atoms with Crippen molar-refractivity contribution in [3.8, 4) is 0 Å². The van der Waals surface area contributed by atoms with E-state index in [1.54, 1.807) is 0 Å². The lowest BCUT2D eigenvalue weighted by molar-refractivity contribution is -0.137. The van der Waals surface area contributed by atoms with Gasteiger partial charge < -0.3 is 10.0 Å². The monoisotopic (exact) mass is 241 g/mol. The number of carboxylic acids is 1. The Morgan fingerprint density at radius 3 is 2.76 bits per heavy atom. The van der Waals surface area contributed by atoms with Crippen molar-refractivity contribution in [1.29, 1.82) is 0 Å². The van der Waals surface area contributed by atoms with E-state index >= 15 is 0 Å². The van der Waals surface area contributed by atoms with Crippen LogP contribution in [0.3, 0.4) is 0 Å². The predicted octanol–water partition coefficient (Wildman–Crippen LogP) is 2.28. The molecule has 1 N–H and O–H groups in total. The molecule has 1 rings (SSSR count). The van der Waals surface area contributed by atoms with Crippen molar-refractivity contribution in [2.75, 3.05) is 13.1 Å². The summed E-state index contributed by atoms with van der Waals surface area (Å²) in [5, 5.41) is 8.65. The second-order valence-corrected chi connectivity index (χ2v) is 4.83. The molecule has 0 saturated carbocycles. The first kappa shape index (κ1) is 14.0. The summed E-state index contributed by atoms with van der Waals surface area (Å²) in [6.07, 6.45) is 5.72. The summed E-state index contributed by atoms with van der Waals surface area (Å²) in [6, 6.07) is 0. The summed E-state index contributed by atoms with van der Waals surface area (Å²) in [5.41, 5.74) is 0. The average Bonchev–Trinajstić information content (AvgIpc) is 2.31. The van der Waals surface area contributed by atoms with E-state index in [-0.39, 0.29) is 12.3 Å². The third kappa shape index (κ3) is 5.20. The molecule has 1 atom stereocenters. The van der Waals surface area contributed by atoms with Crippen LogP contribution in [0.2, 0.25) is 0 Å². The van der Waals surface area contributed by atoms with Gasteiger partial charge in [-0.25, -0.2) is 0 Å². The smallest absolute Gasteiger partial charge is 0.303 e. The van der Waals surface area contributed by atoms with Gasteiger partial charge in [-0.3, -0.25) is 9.59 Å². The van der Waals surface area contributed by atoms with Crippen LogP contribution in [0.1, 0.15) is 51.9 Å². The fraction of sp³-hybridized carbons (Fsp3) is 0.846. The largest absolute Gasteiger partial charge is 0.481 e. The van der Waals surface area contributed by atoms with Gasteiger partial charge in [-0.05, 0) is 31.6 Å². The number of nitrogens with zero attached hydrogens (tertiary/aromatic N) is 1. The molecule has 4 heteroatoms. The third-order valence-corrected chi connectivity index (χ3v) is 3.57. The highest BCUT2D eigenvalue weighted by atomic mass is 16.4. The maximum atomic E-state index is 11.6. The molecule has 1 fully saturated rings. The first-order chi connectivity index (χ1) is 8.13. The SMILES string of the molecule is CCC(CCC(=O)O)CCN1CCCCC1=O. The number of amides is 1. The van der Waals surface area contributed by atoms with Gasteiger partial charge in [-0.15, -0.1) is 0 Å². The maximum Gasteiger partial charge on any atom is 0.303 e. The van der Waals surface area contributed by atoms with Crippen LogP contribution in [0.15, 0.2) is 0 Å². The number of hydrogen-bond donors (Lipinski definition) is 1. The minimum atomic E-state index is -0.725. The zero-order chi connectivity index (χ0) is 12.7. The molecule has 1 unspecified atom stereocenters. The zero-order valence-electron chi connectivity index (χ0n) is 10.7. The number of likely N-dealkylation sites (tertiary alicyclic amines) is 1. The Morgan fingerprint density at radius 2 is 2.18 bits per heavy atom. The number of carbonyl (C=O) groups is 2. The first-order valence-electron chi connectivity index (χ1n) is 6.63. The summed E-state index contributed by atoms with van der Waals surface area (Å²) >= 11 is 0. The van der Waals surface area contributed by atoms with Crippen LogP contribution in [-0.2, 0) is 9.59 Å². The average molecular weight is 241 g/mol. The molecule has 98 valence electrons. The number of rotatable bonds is 7. The normalized spacial score (nSPS) is 18.2. The molecule has 1 aliphatic heterocycles. The molecule has 17 heavy (non-hydrogen) atoms. The van der Waals surface area contributed by atoms with Crippen molar-refractivity contribution >= 4 is 11.9 Å². The summed E-state index contributed by atoms with van der Waals surface area (Å²) in [7, 11) is 0. The highest BCUT2D eigenvalue weighted by Crippen LogP contribution is 2.18. The molecular formula is C13H23NO3. The number of carbonyl (C=O) groups excluding carboxylic acids is 1. The van der Waals surface area contributed by atoms with Gasteiger partial charge in [0.25, 0.3) is 0 Å². The quantitative estimate of drug-likeness (QED) is 0.744. The fourth-order valence-electron chi connectivity index (χ4n) is 2.32. The molecule has 0 aromatic heterocycles. The number of hydrogen-bond acceptors (Lipinski definition) is 2. The van der Waals surface area contributed by atoms with Crippen molar-refractivity contribution in [2.45, 2.75) is 51.9 Å². The van der Waals surface area contributed by atoms with E-state index in [1.165, 1.54) is 0 Å². The second kappa shape index (κ2) is 7.30. The van der Waals surface area contributed by atoms with Gasteiger partial charge in [-0.1, -0.05) is 13.3 Å². The third-order valence-electron chi connectivity index (χ3n) is 3.57. The van der Waals surface area contributed by atoms with Crippen LogP contribution in [0.4, 0.5) is 0 Å². The number of piperidine rings is 1. The lowest BCUT2D eigenvalue weighted by Crippen LogP contribution is -2.36. The summed E-state index contributed by atoms with van der Waals surface area (Å²) in [4.78, 5) is 24.0. The van der Waals surface area contributed by atoms with Gasteiger partial charge in [0, 0.05) is 25.9 Å². The molecule has 4 nitrogen and oxygen atoms in total. The molecule has 0 spiro atoms. The van der Waals surface area contributed by atoms with E-state index in [0.29, 0.717) is 12.3 Å². The van der Waals surface area contributed by atoms with Crippen molar-refractivity contribution in [2.24, 2.45) is 5.92 Å². The minimum Gasteiger partial charge on any atom is -0.481 e. The van der Waals surface area contributed by atoms with Gasteiger partial charge in [0.05, 0.1) is 0 Å². The maximum absolute atomic E-state index is 11.6. The van der Waals surface area contributed by atoms with Crippen LogP contribution in [0, 0.1) is 5.92 Å². The van der Waals surface area contributed by atoms with Crippen LogP contribution < -0.4 is 0 Å². The Labute approximate surface area is 103 Å². The van der Waals surface area contributed by atoms with Crippen molar-refractivity contribution in [3.63, 3.8) is 0 Å². The standard InChI is InChI=1S/C13H23NO3/c1-2-11(6-7-13(16)17)8-10-14-9-4-3-5-12(14)15/h11H,2-10H2,1H3,(H,16,17). The fourth-order valence-corrected chi connectivity index (χ4v) is 2.32. The van der Waals surface area contributed by atoms with Crippen molar-refractivity contribution in [3.05, 3.63) is 0 Å². The first-order valence-corrected chi connectivity index (χ1v) is 6.63. The Kier molecular flexibility index (Phi) is 6.01. The van der Waals surface area contributed by atoms with E-state index in [4.69, 9.17) is 5.11 Å². The zero-order valence-corrected chi connectivity index (χ0v) is 10.7. The van der Waals surface area contributed by atoms with Gasteiger partial charge >= 0.3 is 5.97 Å². The Balaban J connectivity index is 2.26. The lowest BCUT2D eigenvalue weighted by Gasteiger charge is -2.28. The van der Waals surface area contributed by atoms with Gasteiger partial charge in [0.2, 0.25) is 5.91 Å². The number of carboxylic acid groups (broad SMARTS) is 1. The molecule has 0 aromatic carbocycles. The highest BCUT2D eigenvalue weighted by Gasteiger charge is 2.19. The van der Waals surface area contributed by atoms with E-state index in [1.807, 2.05) is 4.90 Å². The van der Waals surface area contributed by atoms with Crippen molar-refractivity contribution < 1.29 is 14.7 Å². The Bertz CT molecular complexity index is 265. The van der Waals surface area contributed by atoms with E-state index in [9.17, 15) is 9.59 Å². The van der Waals surface area contributed by atoms with Gasteiger partial charge in [0.15, 0.2) is 0 Å². The summed E-state index contributed by atoms with van der Waals surface area (Å²) in [6.45, 7) is 3.77. The molecule has 0 radical (unpaired) electrons. The predicted molar refractivity (Wildman–Crippen MR) is 65.7 cm³/mol. The molecule has 0 aromatic rings. The minimum absolute atomic E-state index is 0.243. The van der Waals surface area contributed by atoms with E-state index < -0.39 is 5.97 Å². The van der Waals surface area contributed by atoms with Crippen LogP contribution in [-0.4, -0.2) is 35.0 Å². The number of aliphatic carboxylic acids is 1. The Morgan fingerprint density at radius 1 is 1.41 bits per heavy atom. The van der Waals surface area contributed by atoms with Gasteiger partial charge in [-0.2, -0.15) is 0 Å². The molecule has 0 aliphatic carbocycles. The van der Waals surface area contributed by atoms with Crippen LogP contribution in [0.25, 0.3) is 0 Å².